The quantitative estimate of drug-likeness (QED) is 0.788. The summed E-state index contributed by atoms with van der Waals surface area (Å²) in [5.74, 6) is 2.27. The maximum absolute atomic E-state index is 5.49. The number of hydrogen-bond donors (Lipinski definition) is 2. The summed E-state index contributed by atoms with van der Waals surface area (Å²) in [7, 11) is 0. The molecule has 1 aromatic heterocycles. The second-order valence-electron chi connectivity index (χ2n) is 3.05. The van der Waals surface area contributed by atoms with Crippen molar-refractivity contribution in [3.05, 3.63) is 10.7 Å². The van der Waals surface area contributed by atoms with E-state index in [1.807, 2.05) is 11.8 Å². The second kappa shape index (κ2) is 6.90. The lowest BCUT2D eigenvalue weighted by Gasteiger charge is -2.07. The largest absolute Gasteiger partial charge is 0.369 e. The number of rotatable bonds is 6. The predicted molar refractivity (Wildman–Crippen MR) is 70.3 cm³/mol. The van der Waals surface area contributed by atoms with Crippen LogP contribution in [0, 0.1) is 0 Å². The van der Waals surface area contributed by atoms with Gasteiger partial charge in [0.15, 0.2) is 0 Å². The average molecular weight is 291 g/mol. The van der Waals surface area contributed by atoms with E-state index >= 15 is 0 Å². The highest BCUT2D eigenvalue weighted by molar-refractivity contribution is 9.10. The van der Waals surface area contributed by atoms with Crippen LogP contribution in [0.2, 0.25) is 0 Å². The normalized spacial score (nSPS) is 10.3. The molecular formula is C9H15BrN4S. The van der Waals surface area contributed by atoms with Crippen molar-refractivity contribution in [3.8, 4) is 0 Å². The van der Waals surface area contributed by atoms with Crippen LogP contribution in [-0.4, -0.2) is 28.5 Å². The number of unbranched alkanes of at least 4 members (excludes halogenated alkanes) is 1. The van der Waals surface area contributed by atoms with E-state index in [9.17, 15) is 0 Å². The molecule has 0 amide bonds. The lowest BCUT2D eigenvalue weighted by Crippen LogP contribution is -2.06. The van der Waals surface area contributed by atoms with Gasteiger partial charge in [0.2, 0.25) is 5.95 Å². The molecular weight excluding hydrogens is 276 g/mol. The lowest BCUT2D eigenvalue weighted by molar-refractivity contribution is 0.838. The van der Waals surface area contributed by atoms with Crippen LogP contribution in [0.25, 0.3) is 0 Å². The summed E-state index contributed by atoms with van der Waals surface area (Å²) in [4.78, 5) is 7.97. The third kappa shape index (κ3) is 4.70. The Bertz CT molecular complexity index is 308. The zero-order valence-corrected chi connectivity index (χ0v) is 11.1. The van der Waals surface area contributed by atoms with Gasteiger partial charge in [-0.2, -0.15) is 16.7 Å². The first-order valence-corrected chi connectivity index (χ1v) is 6.93. The molecule has 3 N–H and O–H groups in total. The maximum atomic E-state index is 5.49. The fourth-order valence-corrected chi connectivity index (χ4v) is 1.91. The fourth-order valence-electron chi connectivity index (χ4n) is 1.08. The molecule has 0 spiro atoms. The summed E-state index contributed by atoms with van der Waals surface area (Å²) >= 11 is 5.24. The van der Waals surface area contributed by atoms with Crippen molar-refractivity contribution in [2.75, 3.05) is 29.6 Å². The second-order valence-corrected chi connectivity index (χ2v) is 4.89. The molecule has 0 aliphatic heterocycles. The van der Waals surface area contributed by atoms with Gasteiger partial charge in [-0.05, 0) is 40.8 Å². The molecule has 0 aliphatic rings. The molecule has 6 heteroatoms. The summed E-state index contributed by atoms with van der Waals surface area (Å²) in [5, 5.41) is 3.23. The summed E-state index contributed by atoms with van der Waals surface area (Å²) < 4.78 is 0.849. The molecule has 0 aromatic carbocycles. The van der Waals surface area contributed by atoms with Crippen molar-refractivity contribution in [2.24, 2.45) is 0 Å². The highest BCUT2D eigenvalue weighted by Gasteiger charge is 2.01. The number of nitrogens with one attached hydrogen (secondary N) is 1. The van der Waals surface area contributed by atoms with Crippen molar-refractivity contribution < 1.29 is 0 Å². The van der Waals surface area contributed by atoms with Crippen LogP contribution < -0.4 is 11.1 Å². The summed E-state index contributed by atoms with van der Waals surface area (Å²) in [6, 6.07) is 0. The molecule has 4 nitrogen and oxygen atoms in total. The van der Waals surface area contributed by atoms with E-state index in [1.165, 1.54) is 12.2 Å². The summed E-state index contributed by atoms with van der Waals surface area (Å²) in [6.45, 7) is 0.912. The number of aromatic nitrogens is 2. The van der Waals surface area contributed by atoms with Crippen LogP contribution in [-0.2, 0) is 0 Å². The van der Waals surface area contributed by atoms with E-state index in [0.717, 1.165) is 23.3 Å². The van der Waals surface area contributed by atoms with Crippen LogP contribution in [0.4, 0.5) is 11.8 Å². The molecule has 84 valence electrons. The topological polar surface area (TPSA) is 63.8 Å². The van der Waals surface area contributed by atoms with Crippen LogP contribution >= 0.6 is 27.7 Å². The standard InChI is InChI=1S/C9H15BrN4S/c1-15-5-3-2-4-12-8-7(10)6-13-9(11)14-8/h6H,2-5H2,1H3,(H3,11,12,13,14). The van der Waals surface area contributed by atoms with E-state index in [2.05, 4.69) is 37.5 Å². The molecule has 1 heterocycles. The molecule has 15 heavy (non-hydrogen) atoms. The van der Waals surface area contributed by atoms with Gasteiger partial charge in [0, 0.05) is 12.7 Å². The van der Waals surface area contributed by atoms with Crippen molar-refractivity contribution in [3.63, 3.8) is 0 Å². The summed E-state index contributed by atoms with van der Waals surface area (Å²) in [5.41, 5.74) is 5.49. The van der Waals surface area contributed by atoms with E-state index < -0.39 is 0 Å². The van der Waals surface area contributed by atoms with Gasteiger partial charge < -0.3 is 11.1 Å². The SMILES string of the molecule is CSCCCCNc1nc(N)ncc1Br. The monoisotopic (exact) mass is 290 g/mol. The van der Waals surface area contributed by atoms with Gasteiger partial charge in [-0.1, -0.05) is 0 Å². The number of anilines is 2. The van der Waals surface area contributed by atoms with Crippen molar-refractivity contribution in [1.82, 2.24) is 9.97 Å². The van der Waals surface area contributed by atoms with Gasteiger partial charge in [-0.15, -0.1) is 0 Å². The number of nitrogen functional groups attached to an aromatic ring is 1. The Balaban J connectivity index is 2.33. The average Bonchev–Trinajstić information content (AvgIpc) is 2.23. The van der Waals surface area contributed by atoms with Crippen molar-refractivity contribution in [1.29, 1.82) is 0 Å². The van der Waals surface area contributed by atoms with Crippen LogP contribution in [0.5, 0.6) is 0 Å². The first-order valence-electron chi connectivity index (χ1n) is 4.75. The number of thioether (sulfide) groups is 1. The third-order valence-electron chi connectivity index (χ3n) is 1.83. The van der Waals surface area contributed by atoms with Crippen LogP contribution in [0.1, 0.15) is 12.8 Å². The molecule has 1 aromatic rings. The Morgan fingerprint density at radius 3 is 3.07 bits per heavy atom. The number of halogens is 1. The molecule has 1 rings (SSSR count). The number of nitrogens with zero attached hydrogens (tertiary/aromatic N) is 2. The van der Waals surface area contributed by atoms with Gasteiger partial charge in [0.1, 0.15) is 5.82 Å². The lowest BCUT2D eigenvalue weighted by atomic mass is 10.3. The maximum Gasteiger partial charge on any atom is 0.221 e. The predicted octanol–water partition coefficient (Wildman–Crippen LogP) is 2.38. The number of nitrogens with two attached hydrogens (primary N) is 1. The van der Waals surface area contributed by atoms with Crippen molar-refractivity contribution >= 4 is 39.5 Å². The Kier molecular flexibility index (Phi) is 5.78. The van der Waals surface area contributed by atoms with Gasteiger partial charge in [0.05, 0.1) is 4.47 Å². The molecule has 0 saturated heterocycles. The Morgan fingerprint density at radius 1 is 1.53 bits per heavy atom. The first kappa shape index (κ1) is 12.6. The van der Waals surface area contributed by atoms with Crippen LogP contribution in [0.3, 0.4) is 0 Å². The Morgan fingerprint density at radius 2 is 2.33 bits per heavy atom. The molecule has 0 fully saturated rings. The van der Waals surface area contributed by atoms with Gasteiger partial charge in [0.25, 0.3) is 0 Å². The highest BCUT2D eigenvalue weighted by Crippen LogP contribution is 2.18. The van der Waals surface area contributed by atoms with Gasteiger partial charge >= 0.3 is 0 Å². The van der Waals surface area contributed by atoms with Gasteiger partial charge in [-0.3, -0.25) is 0 Å². The minimum absolute atomic E-state index is 0.296. The molecule has 0 atom stereocenters. The van der Waals surface area contributed by atoms with E-state index in [-0.39, 0.29) is 0 Å². The first-order chi connectivity index (χ1) is 7.24. The Hall–Kier alpha value is -0.490. The third-order valence-corrected chi connectivity index (χ3v) is 3.11. The van der Waals surface area contributed by atoms with E-state index in [1.54, 1.807) is 6.20 Å². The minimum Gasteiger partial charge on any atom is -0.369 e. The molecule has 0 saturated carbocycles. The van der Waals surface area contributed by atoms with Gasteiger partial charge in [-0.25, -0.2) is 4.98 Å². The Labute approximate surface area is 103 Å². The van der Waals surface area contributed by atoms with Crippen LogP contribution in [0.15, 0.2) is 10.7 Å². The summed E-state index contributed by atoms with van der Waals surface area (Å²) in [6.07, 6.45) is 6.13. The zero-order chi connectivity index (χ0) is 11.1. The fraction of sp³-hybridized carbons (Fsp3) is 0.556. The highest BCUT2D eigenvalue weighted by atomic mass is 79.9. The molecule has 0 aliphatic carbocycles. The molecule has 0 radical (unpaired) electrons. The smallest absolute Gasteiger partial charge is 0.221 e. The van der Waals surface area contributed by atoms with E-state index in [0.29, 0.717) is 5.95 Å². The molecule has 0 unspecified atom stereocenters. The van der Waals surface area contributed by atoms with Crippen molar-refractivity contribution in [2.45, 2.75) is 12.8 Å². The van der Waals surface area contributed by atoms with E-state index in [4.69, 9.17) is 5.73 Å². The molecule has 0 bridgehead atoms. The minimum atomic E-state index is 0.296. The zero-order valence-electron chi connectivity index (χ0n) is 8.66. The number of hydrogen-bond acceptors (Lipinski definition) is 5.